The second-order valence-corrected chi connectivity index (χ2v) is 1.76. The fourth-order valence-corrected chi connectivity index (χ4v) is 0.518. The predicted octanol–water partition coefficient (Wildman–Crippen LogP) is 0.586. The van der Waals surface area contributed by atoms with E-state index in [0.717, 1.165) is 5.57 Å². The van der Waals surface area contributed by atoms with E-state index in [2.05, 4.69) is 4.99 Å². The largest absolute Gasteiger partial charge is 0.292 e. The number of carbonyl (C=O) groups excluding carboxylic acids is 1. The highest BCUT2D eigenvalue weighted by molar-refractivity contribution is 6.02. The summed E-state index contributed by atoms with van der Waals surface area (Å²) in [6, 6.07) is 0. The molecule has 0 radical (unpaired) electrons. The van der Waals surface area contributed by atoms with Crippen molar-refractivity contribution in [2.24, 2.45) is 4.99 Å². The number of ketones is 1. The maximum Gasteiger partial charge on any atom is 0.179 e. The first-order valence-electron chi connectivity index (χ1n) is 2.50. The predicted molar refractivity (Wildman–Crippen MR) is 32.1 cm³/mol. The van der Waals surface area contributed by atoms with E-state index in [1.165, 1.54) is 0 Å². The second kappa shape index (κ2) is 1.90. The lowest BCUT2D eigenvalue weighted by Crippen LogP contribution is -2.07. The van der Waals surface area contributed by atoms with Gasteiger partial charge in [-0.05, 0) is 18.6 Å². The van der Waals surface area contributed by atoms with Gasteiger partial charge in [0.2, 0.25) is 0 Å². The Balaban J connectivity index is 2.80. The minimum Gasteiger partial charge on any atom is -0.292 e. The zero-order chi connectivity index (χ0) is 5.98. The van der Waals surface area contributed by atoms with Crippen LogP contribution in [0.5, 0.6) is 0 Å². The topological polar surface area (TPSA) is 29.4 Å². The summed E-state index contributed by atoms with van der Waals surface area (Å²) >= 11 is 0. The third-order valence-corrected chi connectivity index (χ3v) is 1.10. The van der Waals surface area contributed by atoms with E-state index in [1.54, 1.807) is 19.2 Å². The lowest BCUT2D eigenvalue weighted by Gasteiger charge is -1.98. The van der Waals surface area contributed by atoms with Crippen molar-refractivity contribution in [3.8, 4) is 0 Å². The summed E-state index contributed by atoms with van der Waals surface area (Å²) in [5.41, 5.74) is 0.806. The number of aliphatic imine (C=N–C) groups is 1. The van der Waals surface area contributed by atoms with Crippen molar-refractivity contribution in [3.05, 3.63) is 11.6 Å². The first-order chi connectivity index (χ1) is 3.80. The van der Waals surface area contributed by atoms with Crippen LogP contribution in [-0.2, 0) is 4.79 Å². The van der Waals surface area contributed by atoms with Gasteiger partial charge in [0.05, 0.1) is 0 Å². The molecule has 0 amide bonds. The zero-order valence-electron chi connectivity index (χ0n) is 4.72. The fourth-order valence-electron chi connectivity index (χ4n) is 0.518. The molecule has 1 aliphatic rings. The van der Waals surface area contributed by atoms with Crippen LogP contribution in [-0.4, -0.2) is 18.5 Å². The SMILES string of the molecule is CC1=CC=NCC1=O. The quantitative estimate of drug-likeness (QED) is 0.447. The molecule has 0 atom stereocenters. The first kappa shape index (κ1) is 5.22. The average molecular weight is 109 g/mol. The Morgan fingerprint density at radius 1 is 1.75 bits per heavy atom. The lowest BCUT2D eigenvalue weighted by atomic mass is 10.1. The summed E-state index contributed by atoms with van der Waals surface area (Å²) in [5.74, 6) is 0.132. The minimum absolute atomic E-state index is 0.132. The van der Waals surface area contributed by atoms with Crippen LogP contribution in [0.4, 0.5) is 0 Å². The van der Waals surface area contributed by atoms with Gasteiger partial charge in [-0.3, -0.25) is 9.79 Å². The molecule has 42 valence electrons. The number of hydrogen-bond acceptors (Lipinski definition) is 2. The molecule has 0 saturated heterocycles. The molecule has 0 fully saturated rings. The smallest absolute Gasteiger partial charge is 0.179 e. The Morgan fingerprint density at radius 3 is 2.88 bits per heavy atom. The van der Waals surface area contributed by atoms with Crippen LogP contribution in [0.15, 0.2) is 16.6 Å². The van der Waals surface area contributed by atoms with Gasteiger partial charge in [0.25, 0.3) is 0 Å². The summed E-state index contributed by atoms with van der Waals surface area (Å²) in [7, 11) is 0. The van der Waals surface area contributed by atoms with Crippen molar-refractivity contribution in [2.45, 2.75) is 6.92 Å². The summed E-state index contributed by atoms with van der Waals surface area (Å²) in [5, 5.41) is 0. The van der Waals surface area contributed by atoms with Gasteiger partial charge in [0.15, 0.2) is 5.78 Å². The van der Waals surface area contributed by atoms with Crippen LogP contribution >= 0.6 is 0 Å². The van der Waals surface area contributed by atoms with Gasteiger partial charge in [-0.1, -0.05) is 0 Å². The molecule has 2 nitrogen and oxygen atoms in total. The van der Waals surface area contributed by atoms with Gasteiger partial charge < -0.3 is 0 Å². The lowest BCUT2D eigenvalue weighted by molar-refractivity contribution is -0.114. The summed E-state index contributed by atoms with van der Waals surface area (Å²) in [4.78, 5) is 14.4. The molecule has 0 aromatic carbocycles. The fraction of sp³-hybridized carbons (Fsp3) is 0.333. The molecule has 0 spiro atoms. The molecule has 0 saturated carbocycles. The summed E-state index contributed by atoms with van der Waals surface area (Å²) in [6.45, 7) is 2.13. The summed E-state index contributed by atoms with van der Waals surface area (Å²) in [6.07, 6.45) is 3.39. The van der Waals surface area contributed by atoms with E-state index in [0.29, 0.717) is 6.54 Å². The number of allylic oxidation sites excluding steroid dienone is 1. The molecule has 1 aliphatic heterocycles. The normalized spacial score (nSPS) is 18.6. The van der Waals surface area contributed by atoms with Gasteiger partial charge in [-0.2, -0.15) is 0 Å². The van der Waals surface area contributed by atoms with Gasteiger partial charge in [-0.25, -0.2) is 0 Å². The van der Waals surface area contributed by atoms with Crippen molar-refractivity contribution in [1.29, 1.82) is 0 Å². The molecule has 1 heterocycles. The average Bonchev–Trinajstić information content (AvgIpc) is 1.77. The van der Waals surface area contributed by atoms with E-state index in [4.69, 9.17) is 0 Å². The standard InChI is InChI=1S/C6H7NO/c1-5-2-3-7-4-6(5)8/h2-3H,4H2,1H3. The molecule has 8 heavy (non-hydrogen) atoms. The number of Topliss-reactive ketones (excluding diaryl/α,β-unsaturated/α-hetero) is 1. The van der Waals surface area contributed by atoms with Crippen LogP contribution in [0.2, 0.25) is 0 Å². The number of rotatable bonds is 0. The number of nitrogens with zero attached hydrogens (tertiary/aromatic N) is 1. The highest BCUT2D eigenvalue weighted by atomic mass is 16.1. The second-order valence-electron chi connectivity index (χ2n) is 1.76. The Bertz CT molecular complexity index is 167. The molecule has 1 rings (SSSR count). The van der Waals surface area contributed by atoms with E-state index >= 15 is 0 Å². The third kappa shape index (κ3) is 0.832. The van der Waals surface area contributed by atoms with Crippen molar-refractivity contribution in [3.63, 3.8) is 0 Å². The maximum atomic E-state index is 10.6. The Morgan fingerprint density at radius 2 is 2.50 bits per heavy atom. The number of hydrogen-bond donors (Lipinski definition) is 0. The molecule has 0 unspecified atom stereocenters. The molecular weight excluding hydrogens is 102 g/mol. The van der Waals surface area contributed by atoms with Gasteiger partial charge >= 0.3 is 0 Å². The van der Waals surface area contributed by atoms with E-state index in [-0.39, 0.29) is 5.78 Å². The maximum absolute atomic E-state index is 10.6. The Hall–Kier alpha value is -0.920. The van der Waals surface area contributed by atoms with Crippen molar-refractivity contribution in [1.82, 2.24) is 0 Å². The van der Waals surface area contributed by atoms with E-state index < -0.39 is 0 Å². The minimum atomic E-state index is 0.132. The molecule has 0 aromatic rings. The van der Waals surface area contributed by atoms with Crippen LogP contribution < -0.4 is 0 Å². The Labute approximate surface area is 47.9 Å². The van der Waals surface area contributed by atoms with Crippen LogP contribution in [0.25, 0.3) is 0 Å². The summed E-state index contributed by atoms with van der Waals surface area (Å²) < 4.78 is 0. The van der Waals surface area contributed by atoms with Crippen molar-refractivity contribution >= 4 is 12.0 Å². The number of dihydropyridines is 1. The van der Waals surface area contributed by atoms with Crippen LogP contribution in [0.3, 0.4) is 0 Å². The van der Waals surface area contributed by atoms with Gasteiger partial charge in [-0.15, -0.1) is 0 Å². The monoisotopic (exact) mass is 109 g/mol. The molecule has 0 aromatic heterocycles. The van der Waals surface area contributed by atoms with Crippen molar-refractivity contribution in [2.75, 3.05) is 6.54 Å². The molecule has 2 heteroatoms. The van der Waals surface area contributed by atoms with E-state index in [1.807, 2.05) is 0 Å². The zero-order valence-corrected chi connectivity index (χ0v) is 4.72. The highest BCUT2D eigenvalue weighted by Gasteiger charge is 2.03. The molecule has 0 bridgehead atoms. The van der Waals surface area contributed by atoms with Gasteiger partial charge in [0.1, 0.15) is 6.54 Å². The Kier molecular flexibility index (Phi) is 1.24. The van der Waals surface area contributed by atoms with E-state index in [9.17, 15) is 4.79 Å². The van der Waals surface area contributed by atoms with Crippen LogP contribution in [0, 0.1) is 0 Å². The molecular formula is C6H7NO. The van der Waals surface area contributed by atoms with Crippen molar-refractivity contribution < 1.29 is 4.79 Å². The first-order valence-corrected chi connectivity index (χ1v) is 2.50. The molecule has 0 N–H and O–H groups in total. The molecule has 0 aliphatic carbocycles. The highest BCUT2D eigenvalue weighted by Crippen LogP contribution is 1.97. The van der Waals surface area contributed by atoms with Gasteiger partial charge in [0, 0.05) is 6.21 Å². The third-order valence-electron chi connectivity index (χ3n) is 1.10. The van der Waals surface area contributed by atoms with Crippen LogP contribution in [0.1, 0.15) is 6.92 Å². The number of carbonyl (C=O) groups is 1.